The van der Waals surface area contributed by atoms with Gasteiger partial charge in [0.05, 0.1) is 7.11 Å². The van der Waals surface area contributed by atoms with E-state index in [1.165, 1.54) is 7.11 Å². The predicted molar refractivity (Wildman–Crippen MR) is 52.9 cm³/mol. The summed E-state index contributed by atoms with van der Waals surface area (Å²) in [5.74, 6) is -0.494. The third-order valence-electron chi connectivity index (χ3n) is 1.76. The van der Waals surface area contributed by atoms with Crippen LogP contribution in [0.2, 0.25) is 5.15 Å². The fraction of sp³-hybridized carbons (Fsp3) is 0.333. The van der Waals surface area contributed by atoms with Crippen molar-refractivity contribution in [1.82, 2.24) is 4.98 Å². The largest absolute Gasteiger partial charge is 0.468 e. The lowest BCUT2D eigenvalue weighted by Gasteiger charge is -2.10. The van der Waals surface area contributed by atoms with Crippen LogP contribution in [0.4, 0.5) is 0 Å². The summed E-state index contributed by atoms with van der Waals surface area (Å²) in [6.45, 7) is 1.78. The van der Waals surface area contributed by atoms with Gasteiger partial charge in [0.2, 0.25) is 0 Å². The van der Waals surface area contributed by atoms with Gasteiger partial charge in [-0.2, -0.15) is 0 Å². The number of aryl methyl sites for hydroxylation is 1. The van der Waals surface area contributed by atoms with Crippen LogP contribution in [0.25, 0.3) is 0 Å². The molecule has 0 bridgehead atoms. The van der Waals surface area contributed by atoms with Crippen LogP contribution in [-0.2, 0) is 9.53 Å². The molecular weight excluding hydrogens is 204 g/mol. The van der Waals surface area contributed by atoms with E-state index in [-0.39, 0.29) is 0 Å². The second-order valence-corrected chi connectivity index (χ2v) is 3.25. The van der Waals surface area contributed by atoms with Gasteiger partial charge in [-0.15, -0.1) is 0 Å². The van der Waals surface area contributed by atoms with Crippen LogP contribution >= 0.6 is 11.6 Å². The molecule has 1 atom stereocenters. The van der Waals surface area contributed by atoms with E-state index in [1.807, 2.05) is 0 Å². The molecule has 1 aromatic rings. The summed E-state index contributed by atoms with van der Waals surface area (Å²) in [7, 11) is 1.29. The number of ether oxygens (including phenoxy) is 1. The van der Waals surface area contributed by atoms with E-state index < -0.39 is 12.0 Å². The van der Waals surface area contributed by atoms with Gasteiger partial charge in [-0.3, -0.25) is 4.79 Å². The maximum Gasteiger partial charge on any atom is 0.327 e. The van der Waals surface area contributed by atoms with Crippen molar-refractivity contribution < 1.29 is 9.53 Å². The summed E-state index contributed by atoms with van der Waals surface area (Å²) in [5, 5.41) is 0.319. The Balaban J connectivity index is 3.00. The molecule has 0 fully saturated rings. The van der Waals surface area contributed by atoms with Gasteiger partial charge in [-0.25, -0.2) is 4.98 Å². The number of rotatable bonds is 2. The summed E-state index contributed by atoms with van der Waals surface area (Å²) in [6.07, 6.45) is 0. The SMILES string of the molecule is COC(=O)C(N)c1cc(C)nc(Cl)c1. The van der Waals surface area contributed by atoms with E-state index in [4.69, 9.17) is 17.3 Å². The topological polar surface area (TPSA) is 65.2 Å². The van der Waals surface area contributed by atoms with Crippen LogP contribution in [0, 0.1) is 6.92 Å². The van der Waals surface area contributed by atoms with Gasteiger partial charge in [0, 0.05) is 5.69 Å². The highest BCUT2D eigenvalue weighted by molar-refractivity contribution is 6.29. The first-order chi connectivity index (χ1) is 6.54. The standard InChI is InChI=1S/C9H11ClN2O2/c1-5-3-6(4-7(10)12-5)8(11)9(13)14-2/h3-4,8H,11H2,1-2H3. The van der Waals surface area contributed by atoms with Crippen molar-refractivity contribution in [3.63, 3.8) is 0 Å². The molecule has 1 rings (SSSR count). The molecule has 76 valence electrons. The number of aromatic nitrogens is 1. The molecule has 0 saturated carbocycles. The van der Waals surface area contributed by atoms with Crippen molar-refractivity contribution in [2.45, 2.75) is 13.0 Å². The number of hydrogen-bond acceptors (Lipinski definition) is 4. The van der Waals surface area contributed by atoms with Gasteiger partial charge in [-0.05, 0) is 24.6 Å². The Morgan fingerprint density at radius 3 is 2.79 bits per heavy atom. The Bertz CT molecular complexity index is 334. The Labute approximate surface area is 87.0 Å². The summed E-state index contributed by atoms with van der Waals surface area (Å²) < 4.78 is 4.52. The van der Waals surface area contributed by atoms with Gasteiger partial charge in [0.25, 0.3) is 0 Å². The lowest BCUT2D eigenvalue weighted by atomic mass is 10.1. The van der Waals surface area contributed by atoms with E-state index >= 15 is 0 Å². The van der Waals surface area contributed by atoms with Crippen molar-refractivity contribution in [3.05, 3.63) is 28.5 Å². The summed E-state index contributed by atoms with van der Waals surface area (Å²) >= 11 is 5.72. The van der Waals surface area contributed by atoms with Gasteiger partial charge >= 0.3 is 5.97 Å². The molecule has 14 heavy (non-hydrogen) atoms. The molecule has 0 spiro atoms. The minimum atomic E-state index is -0.806. The van der Waals surface area contributed by atoms with E-state index in [0.717, 1.165) is 0 Å². The fourth-order valence-corrected chi connectivity index (χ4v) is 1.36. The van der Waals surface area contributed by atoms with Crippen molar-refractivity contribution in [2.24, 2.45) is 5.73 Å². The smallest absolute Gasteiger partial charge is 0.327 e. The number of nitrogens with two attached hydrogens (primary N) is 1. The van der Waals surface area contributed by atoms with E-state index in [0.29, 0.717) is 16.4 Å². The quantitative estimate of drug-likeness (QED) is 0.594. The minimum Gasteiger partial charge on any atom is -0.468 e. The van der Waals surface area contributed by atoms with Crippen LogP contribution in [0.5, 0.6) is 0 Å². The zero-order valence-corrected chi connectivity index (χ0v) is 8.71. The number of carbonyl (C=O) groups is 1. The minimum absolute atomic E-state index is 0.319. The molecule has 1 aromatic heterocycles. The number of methoxy groups -OCH3 is 1. The second kappa shape index (κ2) is 4.39. The summed E-state index contributed by atoms with van der Waals surface area (Å²) in [4.78, 5) is 15.1. The molecular formula is C9H11ClN2O2. The normalized spacial score (nSPS) is 12.3. The molecule has 4 nitrogen and oxygen atoms in total. The lowest BCUT2D eigenvalue weighted by molar-refractivity contribution is -0.142. The highest BCUT2D eigenvalue weighted by atomic mass is 35.5. The van der Waals surface area contributed by atoms with Crippen LogP contribution in [0.3, 0.4) is 0 Å². The third kappa shape index (κ3) is 2.43. The average Bonchev–Trinajstić information content (AvgIpc) is 2.14. The molecule has 2 N–H and O–H groups in total. The fourth-order valence-electron chi connectivity index (χ4n) is 1.10. The van der Waals surface area contributed by atoms with Crippen molar-refractivity contribution in [1.29, 1.82) is 0 Å². The maximum atomic E-state index is 11.1. The first-order valence-corrected chi connectivity index (χ1v) is 4.40. The monoisotopic (exact) mass is 214 g/mol. The molecule has 0 amide bonds. The molecule has 0 saturated heterocycles. The number of esters is 1. The average molecular weight is 215 g/mol. The first-order valence-electron chi connectivity index (χ1n) is 4.02. The third-order valence-corrected chi connectivity index (χ3v) is 1.95. The molecule has 1 heterocycles. The number of halogens is 1. The Hall–Kier alpha value is -1.13. The zero-order chi connectivity index (χ0) is 10.7. The van der Waals surface area contributed by atoms with Crippen molar-refractivity contribution in [2.75, 3.05) is 7.11 Å². The lowest BCUT2D eigenvalue weighted by Crippen LogP contribution is -2.22. The van der Waals surface area contributed by atoms with E-state index in [1.54, 1.807) is 19.1 Å². The molecule has 0 radical (unpaired) electrons. The Morgan fingerprint density at radius 2 is 2.29 bits per heavy atom. The Morgan fingerprint density at radius 1 is 1.64 bits per heavy atom. The molecule has 0 aliphatic rings. The van der Waals surface area contributed by atoms with Crippen LogP contribution < -0.4 is 5.73 Å². The van der Waals surface area contributed by atoms with Gasteiger partial charge in [0.15, 0.2) is 0 Å². The molecule has 5 heteroatoms. The summed E-state index contributed by atoms with van der Waals surface area (Å²) in [6, 6.07) is 2.45. The zero-order valence-electron chi connectivity index (χ0n) is 7.95. The number of pyridine rings is 1. The first kappa shape index (κ1) is 10.9. The van der Waals surface area contributed by atoms with Crippen molar-refractivity contribution >= 4 is 17.6 Å². The van der Waals surface area contributed by atoms with Crippen LogP contribution in [0.1, 0.15) is 17.3 Å². The highest BCUT2D eigenvalue weighted by Gasteiger charge is 2.16. The highest BCUT2D eigenvalue weighted by Crippen LogP contribution is 2.16. The maximum absolute atomic E-state index is 11.1. The number of carbonyl (C=O) groups excluding carboxylic acids is 1. The molecule has 1 unspecified atom stereocenters. The number of nitrogens with zero attached hydrogens (tertiary/aromatic N) is 1. The molecule has 0 aromatic carbocycles. The second-order valence-electron chi connectivity index (χ2n) is 2.87. The number of hydrogen-bond donors (Lipinski definition) is 1. The van der Waals surface area contributed by atoms with E-state index in [2.05, 4.69) is 9.72 Å². The Kier molecular flexibility index (Phi) is 3.43. The van der Waals surface area contributed by atoms with Gasteiger partial charge in [0.1, 0.15) is 11.2 Å². The summed E-state index contributed by atoms with van der Waals surface area (Å²) in [5.41, 5.74) is 6.95. The van der Waals surface area contributed by atoms with Gasteiger partial charge < -0.3 is 10.5 Å². The van der Waals surface area contributed by atoms with Crippen molar-refractivity contribution in [3.8, 4) is 0 Å². The van der Waals surface area contributed by atoms with Crippen LogP contribution in [0.15, 0.2) is 12.1 Å². The molecule has 0 aliphatic heterocycles. The van der Waals surface area contributed by atoms with E-state index in [9.17, 15) is 4.79 Å². The molecule has 0 aliphatic carbocycles. The van der Waals surface area contributed by atoms with Crippen LogP contribution in [-0.4, -0.2) is 18.1 Å². The van der Waals surface area contributed by atoms with Gasteiger partial charge in [-0.1, -0.05) is 11.6 Å². The predicted octanol–water partition coefficient (Wildman–Crippen LogP) is 1.22.